The van der Waals surface area contributed by atoms with Crippen molar-refractivity contribution >= 4 is 16.9 Å². The molecular weight excluding hydrogens is 230 g/mol. The lowest BCUT2D eigenvalue weighted by atomic mass is 10.1. The van der Waals surface area contributed by atoms with E-state index in [-0.39, 0.29) is 5.91 Å². The summed E-state index contributed by atoms with van der Waals surface area (Å²) in [6, 6.07) is 5.98. The molecule has 1 aromatic carbocycles. The van der Waals surface area contributed by atoms with Crippen LogP contribution in [0.15, 0.2) is 28.9 Å². The first-order valence-electron chi connectivity index (χ1n) is 5.93. The normalized spacial score (nSPS) is 10.8. The Morgan fingerprint density at radius 1 is 1.44 bits per heavy atom. The van der Waals surface area contributed by atoms with Gasteiger partial charge in [-0.2, -0.15) is 0 Å². The van der Waals surface area contributed by atoms with Crippen LogP contribution in [-0.4, -0.2) is 26.2 Å². The van der Waals surface area contributed by atoms with Crippen LogP contribution < -0.4 is 5.32 Å². The van der Waals surface area contributed by atoms with Gasteiger partial charge in [-0.1, -0.05) is 12.1 Å². The Labute approximate surface area is 106 Å². The third-order valence-electron chi connectivity index (χ3n) is 2.79. The molecule has 0 aliphatic carbocycles. The minimum atomic E-state index is -0.0182. The van der Waals surface area contributed by atoms with Crippen LogP contribution in [0.5, 0.6) is 0 Å². The van der Waals surface area contributed by atoms with Crippen molar-refractivity contribution in [3.05, 3.63) is 35.6 Å². The van der Waals surface area contributed by atoms with Gasteiger partial charge in [-0.15, -0.1) is 0 Å². The summed E-state index contributed by atoms with van der Waals surface area (Å²) in [4.78, 5) is 11.7. The predicted octanol–water partition coefficient (Wildman–Crippen LogP) is 2.05. The van der Waals surface area contributed by atoms with Crippen molar-refractivity contribution in [1.82, 2.24) is 5.32 Å². The monoisotopic (exact) mass is 247 g/mol. The van der Waals surface area contributed by atoms with Crippen LogP contribution in [0.4, 0.5) is 0 Å². The van der Waals surface area contributed by atoms with Gasteiger partial charge in [-0.05, 0) is 18.6 Å². The van der Waals surface area contributed by atoms with Gasteiger partial charge < -0.3 is 14.5 Å². The Kier molecular flexibility index (Phi) is 3.99. The van der Waals surface area contributed by atoms with E-state index >= 15 is 0 Å². The van der Waals surface area contributed by atoms with Crippen LogP contribution >= 0.6 is 0 Å². The number of carbonyl (C=O) groups is 1. The van der Waals surface area contributed by atoms with Crippen LogP contribution in [0.1, 0.15) is 11.1 Å². The summed E-state index contributed by atoms with van der Waals surface area (Å²) in [5.74, 6) is -0.0182. The molecule has 0 atom stereocenters. The maximum absolute atomic E-state index is 11.7. The zero-order chi connectivity index (χ0) is 13.0. The fourth-order valence-electron chi connectivity index (χ4n) is 1.86. The molecule has 96 valence electrons. The van der Waals surface area contributed by atoms with Gasteiger partial charge in [-0.25, -0.2) is 0 Å². The maximum atomic E-state index is 11.7. The number of fused-ring (bicyclic) bond motifs is 1. The Bertz CT molecular complexity index is 545. The minimum absolute atomic E-state index is 0.0182. The van der Waals surface area contributed by atoms with E-state index in [0.29, 0.717) is 19.6 Å². The molecule has 0 aliphatic heterocycles. The number of rotatable bonds is 5. The Morgan fingerprint density at radius 2 is 2.28 bits per heavy atom. The minimum Gasteiger partial charge on any atom is -0.464 e. The third-order valence-corrected chi connectivity index (χ3v) is 2.79. The van der Waals surface area contributed by atoms with Crippen molar-refractivity contribution in [3.63, 3.8) is 0 Å². The lowest BCUT2D eigenvalue weighted by Gasteiger charge is -2.03. The van der Waals surface area contributed by atoms with Crippen LogP contribution in [0, 0.1) is 6.92 Å². The summed E-state index contributed by atoms with van der Waals surface area (Å²) in [7, 11) is 1.61. The molecule has 0 radical (unpaired) electrons. The quantitative estimate of drug-likeness (QED) is 0.823. The van der Waals surface area contributed by atoms with Crippen LogP contribution in [0.2, 0.25) is 0 Å². The fraction of sp³-hybridized carbons (Fsp3) is 0.357. The lowest BCUT2D eigenvalue weighted by Crippen LogP contribution is -2.28. The van der Waals surface area contributed by atoms with E-state index in [1.165, 1.54) is 0 Å². The van der Waals surface area contributed by atoms with E-state index in [2.05, 4.69) is 5.32 Å². The summed E-state index contributed by atoms with van der Waals surface area (Å²) in [6.07, 6.45) is 1.99. The van der Waals surface area contributed by atoms with Gasteiger partial charge in [0, 0.05) is 24.6 Å². The molecule has 0 aliphatic rings. The highest BCUT2D eigenvalue weighted by molar-refractivity contribution is 5.87. The molecule has 1 heterocycles. The summed E-state index contributed by atoms with van der Waals surface area (Å²) in [5, 5.41) is 3.79. The highest BCUT2D eigenvalue weighted by Crippen LogP contribution is 2.22. The molecule has 1 aromatic heterocycles. The molecule has 0 fully saturated rings. The van der Waals surface area contributed by atoms with Gasteiger partial charge in [0.25, 0.3) is 0 Å². The van der Waals surface area contributed by atoms with Crippen LogP contribution in [-0.2, 0) is 16.0 Å². The average molecular weight is 247 g/mol. The number of furan rings is 1. The first kappa shape index (κ1) is 12.6. The zero-order valence-corrected chi connectivity index (χ0v) is 10.7. The molecule has 0 bridgehead atoms. The van der Waals surface area contributed by atoms with Crippen LogP contribution in [0.25, 0.3) is 11.0 Å². The van der Waals surface area contributed by atoms with Gasteiger partial charge >= 0.3 is 0 Å². The second kappa shape index (κ2) is 5.69. The SMILES string of the molecule is COCCNC(=O)Cc1coc2cc(C)ccc12. The van der Waals surface area contributed by atoms with Crippen molar-refractivity contribution in [2.24, 2.45) is 0 Å². The standard InChI is InChI=1S/C14H17NO3/c1-10-3-4-12-11(9-18-13(12)7-10)8-14(16)15-5-6-17-2/h3-4,7,9H,5-6,8H2,1-2H3,(H,15,16). The van der Waals surface area contributed by atoms with Crippen molar-refractivity contribution in [3.8, 4) is 0 Å². The third kappa shape index (κ3) is 2.90. The first-order valence-corrected chi connectivity index (χ1v) is 5.93. The fourth-order valence-corrected chi connectivity index (χ4v) is 1.86. The molecule has 4 heteroatoms. The lowest BCUT2D eigenvalue weighted by molar-refractivity contribution is -0.120. The van der Waals surface area contributed by atoms with E-state index in [1.807, 2.05) is 25.1 Å². The molecule has 0 saturated carbocycles. The molecule has 2 aromatic rings. The number of carbonyl (C=O) groups excluding carboxylic acids is 1. The van der Waals surface area contributed by atoms with E-state index in [9.17, 15) is 4.79 Å². The number of amides is 1. The Hall–Kier alpha value is -1.81. The second-order valence-corrected chi connectivity index (χ2v) is 4.28. The summed E-state index contributed by atoms with van der Waals surface area (Å²) in [6.45, 7) is 3.07. The number of nitrogens with one attached hydrogen (secondary N) is 1. The smallest absolute Gasteiger partial charge is 0.224 e. The van der Waals surface area contributed by atoms with Crippen molar-refractivity contribution in [2.45, 2.75) is 13.3 Å². The second-order valence-electron chi connectivity index (χ2n) is 4.28. The molecule has 18 heavy (non-hydrogen) atoms. The largest absolute Gasteiger partial charge is 0.464 e. The Morgan fingerprint density at radius 3 is 3.06 bits per heavy atom. The van der Waals surface area contributed by atoms with Gasteiger partial charge in [-0.3, -0.25) is 4.79 Å². The van der Waals surface area contributed by atoms with Gasteiger partial charge in [0.1, 0.15) is 5.58 Å². The molecule has 0 spiro atoms. The topological polar surface area (TPSA) is 51.5 Å². The number of methoxy groups -OCH3 is 1. The van der Waals surface area contributed by atoms with Crippen molar-refractivity contribution in [2.75, 3.05) is 20.3 Å². The van der Waals surface area contributed by atoms with Gasteiger partial charge in [0.2, 0.25) is 5.91 Å². The van der Waals surface area contributed by atoms with E-state index in [0.717, 1.165) is 22.1 Å². The van der Waals surface area contributed by atoms with Crippen LogP contribution in [0.3, 0.4) is 0 Å². The van der Waals surface area contributed by atoms with E-state index in [4.69, 9.17) is 9.15 Å². The van der Waals surface area contributed by atoms with Gasteiger partial charge in [0.05, 0.1) is 19.3 Å². The number of ether oxygens (including phenoxy) is 1. The summed E-state index contributed by atoms with van der Waals surface area (Å²) in [5.41, 5.74) is 2.89. The highest BCUT2D eigenvalue weighted by Gasteiger charge is 2.09. The molecule has 0 unspecified atom stereocenters. The van der Waals surface area contributed by atoms with E-state index in [1.54, 1.807) is 13.4 Å². The highest BCUT2D eigenvalue weighted by atomic mass is 16.5. The Balaban J connectivity index is 2.05. The average Bonchev–Trinajstić information content (AvgIpc) is 2.72. The number of hydrogen-bond acceptors (Lipinski definition) is 3. The summed E-state index contributed by atoms with van der Waals surface area (Å²) < 4.78 is 10.3. The maximum Gasteiger partial charge on any atom is 0.224 e. The van der Waals surface area contributed by atoms with Gasteiger partial charge in [0.15, 0.2) is 0 Å². The van der Waals surface area contributed by atoms with Crippen molar-refractivity contribution in [1.29, 1.82) is 0 Å². The molecule has 0 saturated heterocycles. The van der Waals surface area contributed by atoms with Crippen molar-refractivity contribution < 1.29 is 13.9 Å². The number of benzene rings is 1. The molecule has 1 amide bonds. The number of hydrogen-bond donors (Lipinski definition) is 1. The zero-order valence-electron chi connectivity index (χ0n) is 10.7. The number of aryl methyl sites for hydroxylation is 1. The predicted molar refractivity (Wildman–Crippen MR) is 69.5 cm³/mol. The molecule has 1 N–H and O–H groups in total. The molecule has 4 nitrogen and oxygen atoms in total. The summed E-state index contributed by atoms with van der Waals surface area (Å²) >= 11 is 0. The van der Waals surface area contributed by atoms with E-state index < -0.39 is 0 Å². The molecule has 2 rings (SSSR count). The molecular formula is C14H17NO3. The first-order chi connectivity index (χ1) is 8.70.